The maximum absolute atomic E-state index is 13.2. The second-order valence-corrected chi connectivity index (χ2v) is 5.75. The van der Waals surface area contributed by atoms with Gasteiger partial charge in [0.05, 0.1) is 5.92 Å². The minimum absolute atomic E-state index is 0.0619. The molecule has 0 spiro atoms. The third-order valence-electron chi connectivity index (χ3n) is 4.42. The molecule has 1 aromatic carbocycles. The molecule has 2 fully saturated rings. The lowest BCUT2D eigenvalue weighted by Crippen LogP contribution is -2.42. The van der Waals surface area contributed by atoms with Gasteiger partial charge in [0.15, 0.2) is 11.6 Å². The maximum Gasteiger partial charge on any atom is 0.253 e. The first-order valence-corrected chi connectivity index (χ1v) is 6.96. The third kappa shape index (κ3) is 2.39. The van der Waals surface area contributed by atoms with Gasteiger partial charge in [-0.05, 0) is 30.5 Å². The summed E-state index contributed by atoms with van der Waals surface area (Å²) in [4.78, 5) is 27.7. The van der Waals surface area contributed by atoms with Crippen molar-refractivity contribution in [3.8, 4) is 0 Å². The number of halogens is 2. The van der Waals surface area contributed by atoms with Crippen LogP contribution in [-0.4, -0.2) is 48.3 Å². The van der Waals surface area contributed by atoms with E-state index in [1.807, 2.05) is 0 Å². The van der Waals surface area contributed by atoms with E-state index in [2.05, 4.69) is 0 Å². The van der Waals surface area contributed by atoms with Gasteiger partial charge in [0.2, 0.25) is 5.91 Å². The minimum atomic E-state index is -1.03. The number of benzene rings is 1. The number of carbonyl (C=O) groups is 2. The summed E-state index contributed by atoms with van der Waals surface area (Å²) in [5.41, 5.74) is 0.119. The van der Waals surface area contributed by atoms with E-state index in [0.717, 1.165) is 18.6 Å². The second kappa shape index (κ2) is 5.09. The van der Waals surface area contributed by atoms with Crippen LogP contribution in [0.1, 0.15) is 16.8 Å². The molecule has 1 aromatic rings. The van der Waals surface area contributed by atoms with Crippen LogP contribution in [0.2, 0.25) is 0 Å². The molecule has 3 rings (SSSR count). The van der Waals surface area contributed by atoms with E-state index in [-0.39, 0.29) is 29.2 Å². The lowest BCUT2D eigenvalue weighted by molar-refractivity contribution is -0.137. The molecule has 0 unspecified atom stereocenters. The molecule has 2 aliphatic heterocycles. The first-order chi connectivity index (χ1) is 9.97. The van der Waals surface area contributed by atoms with Crippen molar-refractivity contribution in [1.29, 1.82) is 0 Å². The summed E-state index contributed by atoms with van der Waals surface area (Å²) in [6.45, 7) is 1.56. The molecular formula is C15H16F2N2O2. The third-order valence-corrected chi connectivity index (χ3v) is 4.42. The quantitative estimate of drug-likeness (QED) is 0.788. The minimum Gasteiger partial charge on any atom is -0.345 e. The Morgan fingerprint density at radius 2 is 2.00 bits per heavy atom. The van der Waals surface area contributed by atoms with E-state index in [9.17, 15) is 18.4 Å². The standard InChI is InChI=1S/C15H16F2N2O2/c1-18-5-4-10-7-19(8-11(10)15(18)21)14(20)9-2-3-12(16)13(17)6-9/h2-3,6,10-11H,4-5,7-8H2,1H3/t10-,11+/m1/s1. The molecule has 0 N–H and O–H groups in total. The summed E-state index contributed by atoms with van der Waals surface area (Å²) in [6, 6.07) is 3.13. The lowest BCUT2D eigenvalue weighted by Gasteiger charge is -2.30. The monoisotopic (exact) mass is 294 g/mol. The van der Waals surface area contributed by atoms with Crippen LogP contribution in [0.3, 0.4) is 0 Å². The van der Waals surface area contributed by atoms with Crippen molar-refractivity contribution < 1.29 is 18.4 Å². The molecule has 0 bridgehead atoms. The summed E-state index contributed by atoms with van der Waals surface area (Å²) in [5.74, 6) is -2.29. The fourth-order valence-corrected chi connectivity index (χ4v) is 3.17. The molecule has 0 aromatic heterocycles. The Kier molecular flexibility index (Phi) is 3.39. The number of hydrogen-bond acceptors (Lipinski definition) is 2. The molecule has 21 heavy (non-hydrogen) atoms. The number of rotatable bonds is 1. The number of piperidine rings is 1. The van der Waals surface area contributed by atoms with Gasteiger partial charge >= 0.3 is 0 Å². The highest BCUT2D eigenvalue weighted by molar-refractivity contribution is 5.95. The number of carbonyl (C=O) groups excluding carboxylic acids is 2. The van der Waals surface area contributed by atoms with E-state index in [1.54, 1.807) is 16.8 Å². The van der Waals surface area contributed by atoms with Crippen molar-refractivity contribution in [2.45, 2.75) is 6.42 Å². The highest BCUT2D eigenvalue weighted by Crippen LogP contribution is 2.32. The normalized spacial score (nSPS) is 25.2. The van der Waals surface area contributed by atoms with Gasteiger partial charge < -0.3 is 9.80 Å². The zero-order valence-electron chi connectivity index (χ0n) is 11.7. The van der Waals surface area contributed by atoms with Crippen molar-refractivity contribution in [2.75, 3.05) is 26.7 Å². The molecule has 0 aliphatic carbocycles. The van der Waals surface area contributed by atoms with E-state index < -0.39 is 11.6 Å². The Morgan fingerprint density at radius 3 is 2.71 bits per heavy atom. The molecule has 2 amide bonds. The van der Waals surface area contributed by atoms with Gasteiger partial charge in [0.25, 0.3) is 5.91 Å². The van der Waals surface area contributed by atoms with E-state index in [1.165, 1.54) is 6.07 Å². The second-order valence-electron chi connectivity index (χ2n) is 5.75. The van der Waals surface area contributed by atoms with E-state index in [4.69, 9.17) is 0 Å². The number of amides is 2. The van der Waals surface area contributed by atoms with Crippen LogP contribution in [0.4, 0.5) is 8.78 Å². The fourth-order valence-electron chi connectivity index (χ4n) is 3.17. The van der Waals surface area contributed by atoms with Crippen molar-refractivity contribution in [3.05, 3.63) is 35.4 Å². The van der Waals surface area contributed by atoms with Gasteiger partial charge in [-0.2, -0.15) is 0 Å². The Labute approximate surface area is 121 Å². The van der Waals surface area contributed by atoms with Gasteiger partial charge in [0.1, 0.15) is 0 Å². The van der Waals surface area contributed by atoms with Gasteiger partial charge in [-0.3, -0.25) is 9.59 Å². The van der Waals surface area contributed by atoms with Crippen molar-refractivity contribution in [3.63, 3.8) is 0 Å². The number of hydrogen-bond donors (Lipinski definition) is 0. The van der Waals surface area contributed by atoms with Crippen LogP contribution in [0.25, 0.3) is 0 Å². The van der Waals surface area contributed by atoms with E-state index >= 15 is 0 Å². The smallest absolute Gasteiger partial charge is 0.253 e. The van der Waals surface area contributed by atoms with Crippen LogP contribution in [0.5, 0.6) is 0 Å². The van der Waals surface area contributed by atoms with Gasteiger partial charge in [-0.15, -0.1) is 0 Å². The SMILES string of the molecule is CN1CC[C@@H]2CN(C(=O)c3ccc(F)c(F)c3)C[C@@H]2C1=O. The van der Waals surface area contributed by atoms with Crippen molar-refractivity contribution in [2.24, 2.45) is 11.8 Å². The lowest BCUT2D eigenvalue weighted by atomic mass is 9.88. The zero-order chi connectivity index (χ0) is 15.1. The van der Waals surface area contributed by atoms with Gasteiger partial charge in [-0.25, -0.2) is 8.78 Å². The average Bonchev–Trinajstić information content (AvgIpc) is 2.90. The highest BCUT2D eigenvalue weighted by Gasteiger charge is 2.43. The van der Waals surface area contributed by atoms with Gasteiger partial charge in [-0.1, -0.05) is 0 Å². The van der Waals surface area contributed by atoms with Gasteiger partial charge in [0, 0.05) is 32.2 Å². The molecule has 4 nitrogen and oxygen atoms in total. The van der Waals surface area contributed by atoms with Crippen molar-refractivity contribution in [1.82, 2.24) is 9.80 Å². The topological polar surface area (TPSA) is 40.6 Å². The van der Waals surface area contributed by atoms with Crippen molar-refractivity contribution >= 4 is 11.8 Å². The molecule has 2 atom stereocenters. The predicted octanol–water partition coefficient (Wildman–Crippen LogP) is 1.52. The molecule has 112 valence electrons. The summed E-state index contributed by atoms with van der Waals surface area (Å²) < 4.78 is 26.2. The predicted molar refractivity (Wildman–Crippen MR) is 71.5 cm³/mol. The number of fused-ring (bicyclic) bond motifs is 1. The first-order valence-electron chi connectivity index (χ1n) is 6.96. The molecule has 0 radical (unpaired) electrons. The molecule has 2 heterocycles. The molecule has 0 saturated carbocycles. The summed E-state index contributed by atoms with van der Waals surface area (Å²) in [6.07, 6.45) is 0.870. The Balaban J connectivity index is 1.78. The summed E-state index contributed by atoms with van der Waals surface area (Å²) in [7, 11) is 1.76. The molecule has 2 saturated heterocycles. The van der Waals surface area contributed by atoms with E-state index in [0.29, 0.717) is 19.6 Å². The Bertz CT molecular complexity index is 605. The maximum atomic E-state index is 13.2. The van der Waals surface area contributed by atoms with Crippen LogP contribution >= 0.6 is 0 Å². The van der Waals surface area contributed by atoms with Crippen LogP contribution in [0, 0.1) is 23.5 Å². The van der Waals surface area contributed by atoms with Crippen LogP contribution in [-0.2, 0) is 4.79 Å². The average molecular weight is 294 g/mol. The molecule has 6 heteroatoms. The largest absolute Gasteiger partial charge is 0.345 e. The molecule has 2 aliphatic rings. The van der Waals surface area contributed by atoms with Crippen LogP contribution in [0.15, 0.2) is 18.2 Å². The summed E-state index contributed by atoms with van der Waals surface area (Å²) >= 11 is 0. The zero-order valence-corrected chi connectivity index (χ0v) is 11.7. The fraction of sp³-hybridized carbons (Fsp3) is 0.467. The summed E-state index contributed by atoms with van der Waals surface area (Å²) in [5, 5.41) is 0. The van der Waals surface area contributed by atoms with Crippen LogP contribution < -0.4 is 0 Å². The molecular weight excluding hydrogens is 278 g/mol. The first kappa shape index (κ1) is 14.0. The number of likely N-dealkylation sites (tertiary alicyclic amines) is 2. The number of nitrogens with zero attached hydrogens (tertiary/aromatic N) is 2. The Morgan fingerprint density at radius 1 is 1.24 bits per heavy atom. The Hall–Kier alpha value is -1.98. The highest BCUT2D eigenvalue weighted by atomic mass is 19.2.